The molecule has 0 heterocycles. The highest BCUT2D eigenvalue weighted by atomic mass is 16.5. The summed E-state index contributed by atoms with van der Waals surface area (Å²) >= 11 is 0. The van der Waals surface area contributed by atoms with E-state index >= 15 is 0 Å². The van der Waals surface area contributed by atoms with E-state index < -0.39 is 0 Å². The molecule has 0 aliphatic carbocycles. The summed E-state index contributed by atoms with van der Waals surface area (Å²) in [6.45, 7) is 6.00. The molecule has 0 saturated heterocycles. The van der Waals surface area contributed by atoms with Gasteiger partial charge in [-0.15, -0.1) is 0 Å². The molecule has 108 valence electrons. The molecule has 0 atom stereocenters. The minimum atomic E-state index is 0.560. The second kappa shape index (κ2) is 8.91. The normalized spacial score (nSPS) is 10.7. The van der Waals surface area contributed by atoms with Crippen molar-refractivity contribution in [2.75, 3.05) is 45.4 Å². The molecule has 2 N–H and O–H groups in total. The maximum atomic E-state index is 5.86. The van der Waals surface area contributed by atoms with E-state index in [4.69, 9.17) is 15.2 Å². The molecule has 0 radical (unpaired) electrons. The molecular formula is C15H26N2O2. The van der Waals surface area contributed by atoms with Crippen LogP contribution in [0.2, 0.25) is 0 Å². The van der Waals surface area contributed by atoms with Crippen LogP contribution >= 0.6 is 0 Å². The number of para-hydroxylation sites is 1. The fourth-order valence-electron chi connectivity index (χ4n) is 2.27. The van der Waals surface area contributed by atoms with Gasteiger partial charge in [0.1, 0.15) is 0 Å². The lowest BCUT2D eigenvalue weighted by Crippen LogP contribution is -2.31. The van der Waals surface area contributed by atoms with E-state index in [1.165, 1.54) is 16.8 Å². The van der Waals surface area contributed by atoms with Crippen LogP contribution in [0.1, 0.15) is 17.5 Å². The van der Waals surface area contributed by atoms with Gasteiger partial charge in [-0.3, -0.25) is 0 Å². The predicted octanol–water partition coefficient (Wildman–Crippen LogP) is 1.94. The second-order valence-electron chi connectivity index (χ2n) is 4.61. The van der Waals surface area contributed by atoms with Gasteiger partial charge >= 0.3 is 0 Å². The van der Waals surface area contributed by atoms with E-state index in [0.29, 0.717) is 13.2 Å². The van der Waals surface area contributed by atoms with Crippen LogP contribution in [0.4, 0.5) is 5.69 Å². The number of anilines is 1. The maximum Gasteiger partial charge on any atom is 0.0637 e. The van der Waals surface area contributed by atoms with Gasteiger partial charge in [0.15, 0.2) is 0 Å². The van der Waals surface area contributed by atoms with Gasteiger partial charge in [0.05, 0.1) is 6.61 Å². The molecule has 0 saturated carbocycles. The standard InChI is InChI=1S/C15H26N2O2/c1-13-6-4-7-14(12-16)15(13)17(9-11-19-3)8-5-10-18-2/h4,6-7H,5,8-12,16H2,1-3H3. The number of aryl methyl sites for hydroxylation is 1. The third-order valence-corrected chi connectivity index (χ3v) is 3.20. The molecule has 4 nitrogen and oxygen atoms in total. The Morgan fingerprint density at radius 3 is 2.47 bits per heavy atom. The molecule has 1 aromatic carbocycles. The Kier molecular flexibility index (Phi) is 7.48. The zero-order chi connectivity index (χ0) is 14.1. The summed E-state index contributed by atoms with van der Waals surface area (Å²) in [7, 11) is 3.47. The van der Waals surface area contributed by atoms with E-state index in [1.807, 2.05) is 0 Å². The van der Waals surface area contributed by atoms with Crippen LogP contribution in [-0.4, -0.2) is 40.5 Å². The number of rotatable bonds is 9. The third kappa shape index (κ3) is 4.82. The number of hydrogen-bond acceptors (Lipinski definition) is 4. The minimum absolute atomic E-state index is 0.560. The van der Waals surface area contributed by atoms with Crippen molar-refractivity contribution in [2.24, 2.45) is 5.73 Å². The fraction of sp³-hybridized carbons (Fsp3) is 0.600. The number of methoxy groups -OCH3 is 2. The molecule has 0 fully saturated rings. The molecule has 0 unspecified atom stereocenters. The summed E-state index contributed by atoms with van der Waals surface area (Å²) < 4.78 is 10.3. The van der Waals surface area contributed by atoms with Crippen molar-refractivity contribution < 1.29 is 9.47 Å². The van der Waals surface area contributed by atoms with Crippen LogP contribution in [0.25, 0.3) is 0 Å². The van der Waals surface area contributed by atoms with Crippen LogP contribution in [0.3, 0.4) is 0 Å². The fourth-order valence-corrected chi connectivity index (χ4v) is 2.27. The molecule has 0 aliphatic heterocycles. The summed E-state index contributed by atoms with van der Waals surface area (Å²) in [5.74, 6) is 0. The van der Waals surface area contributed by atoms with Crippen molar-refractivity contribution in [1.82, 2.24) is 0 Å². The first-order valence-corrected chi connectivity index (χ1v) is 6.76. The number of ether oxygens (including phenoxy) is 2. The Hall–Kier alpha value is -1.10. The average molecular weight is 266 g/mol. The molecular weight excluding hydrogens is 240 g/mol. The summed E-state index contributed by atoms with van der Waals surface area (Å²) in [6.07, 6.45) is 0.999. The van der Waals surface area contributed by atoms with Crippen molar-refractivity contribution in [1.29, 1.82) is 0 Å². The number of nitrogens with two attached hydrogens (primary N) is 1. The zero-order valence-electron chi connectivity index (χ0n) is 12.3. The smallest absolute Gasteiger partial charge is 0.0637 e. The van der Waals surface area contributed by atoms with Crippen molar-refractivity contribution in [3.05, 3.63) is 29.3 Å². The third-order valence-electron chi connectivity index (χ3n) is 3.20. The Morgan fingerprint density at radius 1 is 1.11 bits per heavy atom. The number of hydrogen-bond donors (Lipinski definition) is 1. The first-order valence-electron chi connectivity index (χ1n) is 6.76. The lowest BCUT2D eigenvalue weighted by molar-refractivity contribution is 0.191. The molecule has 1 rings (SSSR count). The van der Waals surface area contributed by atoms with Gasteiger partial charge in [0, 0.05) is 46.1 Å². The van der Waals surface area contributed by atoms with Crippen LogP contribution in [-0.2, 0) is 16.0 Å². The quantitative estimate of drug-likeness (QED) is 0.694. The predicted molar refractivity (Wildman–Crippen MR) is 79.7 cm³/mol. The molecule has 19 heavy (non-hydrogen) atoms. The topological polar surface area (TPSA) is 47.7 Å². The zero-order valence-corrected chi connectivity index (χ0v) is 12.3. The Labute approximate surface area is 116 Å². The van der Waals surface area contributed by atoms with E-state index in [2.05, 4.69) is 30.0 Å². The molecule has 0 spiro atoms. The molecule has 4 heteroatoms. The highest BCUT2D eigenvalue weighted by Gasteiger charge is 2.12. The Balaban J connectivity index is 2.88. The van der Waals surface area contributed by atoms with Gasteiger partial charge in [0.25, 0.3) is 0 Å². The Morgan fingerprint density at radius 2 is 1.84 bits per heavy atom. The highest BCUT2D eigenvalue weighted by Crippen LogP contribution is 2.25. The van der Waals surface area contributed by atoms with E-state index in [-0.39, 0.29) is 0 Å². The van der Waals surface area contributed by atoms with Gasteiger partial charge < -0.3 is 20.1 Å². The first kappa shape index (κ1) is 16.0. The number of benzene rings is 1. The van der Waals surface area contributed by atoms with Gasteiger partial charge in [-0.05, 0) is 24.5 Å². The highest BCUT2D eigenvalue weighted by molar-refractivity contribution is 5.59. The van der Waals surface area contributed by atoms with Crippen LogP contribution in [0, 0.1) is 6.92 Å². The van der Waals surface area contributed by atoms with Gasteiger partial charge in [-0.2, -0.15) is 0 Å². The summed E-state index contributed by atoms with van der Waals surface area (Å²) in [5, 5.41) is 0. The first-order chi connectivity index (χ1) is 9.24. The van der Waals surface area contributed by atoms with Gasteiger partial charge in [0.2, 0.25) is 0 Å². The summed E-state index contributed by atoms with van der Waals surface area (Å²) in [4.78, 5) is 2.35. The molecule has 1 aromatic rings. The SMILES string of the molecule is COCCCN(CCOC)c1c(C)cccc1CN. The average Bonchev–Trinajstić information content (AvgIpc) is 2.43. The van der Waals surface area contributed by atoms with Crippen molar-refractivity contribution in [3.63, 3.8) is 0 Å². The molecule has 0 aromatic heterocycles. The van der Waals surface area contributed by atoms with E-state index in [9.17, 15) is 0 Å². The minimum Gasteiger partial charge on any atom is -0.385 e. The monoisotopic (exact) mass is 266 g/mol. The van der Waals surface area contributed by atoms with Crippen LogP contribution < -0.4 is 10.6 Å². The lowest BCUT2D eigenvalue weighted by atomic mass is 10.1. The van der Waals surface area contributed by atoms with Crippen molar-refractivity contribution in [2.45, 2.75) is 19.9 Å². The van der Waals surface area contributed by atoms with Crippen molar-refractivity contribution >= 4 is 5.69 Å². The van der Waals surface area contributed by atoms with Crippen LogP contribution in [0.5, 0.6) is 0 Å². The number of nitrogens with zero attached hydrogens (tertiary/aromatic N) is 1. The van der Waals surface area contributed by atoms with E-state index in [0.717, 1.165) is 26.1 Å². The molecule has 0 amide bonds. The maximum absolute atomic E-state index is 5.86. The Bertz CT molecular complexity index is 369. The van der Waals surface area contributed by atoms with Gasteiger partial charge in [-0.1, -0.05) is 18.2 Å². The molecule has 0 aliphatic rings. The summed E-state index contributed by atoms with van der Waals surface area (Å²) in [6, 6.07) is 6.29. The van der Waals surface area contributed by atoms with Gasteiger partial charge in [-0.25, -0.2) is 0 Å². The van der Waals surface area contributed by atoms with Crippen LogP contribution in [0.15, 0.2) is 18.2 Å². The second-order valence-corrected chi connectivity index (χ2v) is 4.61. The van der Waals surface area contributed by atoms with Crippen molar-refractivity contribution in [3.8, 4) is 0 Å². The molecule has 0 bridgehead atoms. The summed E-state index contributed by atoms with van der Waals surface area (Å²) in [5.41, 5.74) is 9.56. The van der Waals surface area contributed by atoms with E-state index in [1.54, 1.807) is 14.2 Å². The largest absolute Gasteiger partial charge is 0.385 e. The lowest BCUT2D eigenvalue weighted by Gasteiger charge is -2.28.